The Balaban J connectivity index is 0. The van der Waals surface area contributed by atoms with Crippen LogP contribution in [-0.2, 0) is 4.74 Å². The Labute approximate surface area is 123 Å². The first-order valence-corrected chi connectivity index (χ1v) is 6.11. The molecule has 17 heavy (non-hydrogen) atoms. The molecule has 0 saturated heterocycles. The lowest BCUT2D eigenvalue weighted by Gasteiger charge is -2.16. The van der Waals surface area contributed by atoms with Gasteiger partial charge in [-0.15, -0.1) is 24.0 Å². The molecule has 104 valence electrons. The van der Waals surface area contributed by atoms with Crippen LogP contribution >= 0.6 is 24.0 Å². The molecule has 0 radical (unpaired) electrons. The van der Waals surface area contributed by atoms with Crippen molar-refractivity contribution < 1.29 is 4.74 Å². The zero-order valence-corrected chi connectivity index (χ0v) is 14.2. The lowest BCUT2D eigenvalue weighted by Crippen LogP contribution is -2.36. The van der Waals surface area contributed by atoms with Crippen molar-refractivity contribution in [3.05, 3.63) is 0 Å². The van der Waals surface area contributed by atoms with Gasteiger partial charge in [-0.1, -0.05) is 13.8 Å². The van der Waals surface area contributed by atoms with Gasteiger partial charge in [0.1, 0.15) is 0 Å². The summed E-state index contributed by atoms with van der Waals surface area (Å²) in [6, 6.07) is 0. The van der Waals surface area contributed by atoms with Gasteiger partial charge in [-0.3, -0.25) is 4.99 Å². The van der Waals surface area contributed by atoms with Crippen molar-refractivity contribution in [1.82, 2.24) is 10.2 Å². The Morgan fingerprint density at radius 3 is 2.41 bits per heavy atom. The molecule has 1 N–H and O–H groups in total. The van der Waals surface area contributed by atoms with Crippen molar-refractivity contribution in [2.45, 2.75) is 27.2 Å². The minimum Gasteiger partial charge on any atom is -0.380 e. The topological polar surface area (TPSA) is 36.9 Å². The summed E-state index contributed by atoms with van der Waals surface area (Å²) in [5, 5.41) is 3.21. The predicted octanol–water partition coefficient (Wildman–Crippen LogP) is 2.19. The van der Waals surface area contributed by atoms with E-state index < -0.39 is 0 Å². The van der Waals surface area contributed by atoms with E-state index in [0.29, 0.717) is 12.5 Å². The van der Waals surface area contributed by atoms with Crippen LogP contribution in [0.15, 0.2) is 4.99 Å². The van der Waals surface area contributed by atoms with Crippen LogP contribution in [0, 0.1) is 5.92 Å². The molecule has 0 spiro atoms. The smallest absolute Gasteiger partial charge is 0.193 e. The standard InChI is InChI=1S/C12H27N3O.HI/c1-6-13-12(15(4)5)14-8-10-16-9-7-11(2)3;/h11H,6-10H2,1-5H3,(H,13,14);1H. The Bertz CT molecular complexity index is 196. The molecule has 0 aromatic rings. The average Bonchev–Trinajstić information content (AvgIpc) is 2.20. The second-order valence-electron chi connectivity index (χ2n) is 4.42. The number of rotatable bonds is 7. The Kier molecular flexibility index (Phi) is 14.1. The molecule has 0 aliphatic heterocycles. The van der Waals surface area contributed by atoms with E-state index in [4.69, 9.17) is 4.74 Å². The molecule has 0 unspecified atom stereocenters. The third-order valence-electron chi connectivity index (χ3n) is 2.10. The highest BCUT2D eigenvalue weighted by Gasteiger charge is 1.98. The number of hydrogen-bond acceptors (Lipinski definition) is 2. The van der Waals surface area contributed by atoms with E-state index >= 15 is 0 Å². The van der Waals surface area contributed by atoms with Crippen LogP contribution in [0.1, 0.15) is 27.2 Å². The molecule has 5 heteroatoms. The van der Waals surface area contributed by atoms with Gasteiger partial charge >= 0.3 is 0 Å². The first-order valence-electron chi connectivity index (χ1n) is 6.11. The monoisotopic (exact) mass is 357 g/mol. The van der Waals surface area contributed by atoms with E-state index in [1.165, 1.54) is 0 Å². The minimum atomic E-state index is 0. The quantitative estimate of drug-likeness (QED) is 0.329. The van der Waals surface area contributed by atoms with Crippen LogP contribution in [0.3, 0.4) is 0 Å². The molecule has 0 bridgehead atoms. The Hall–Kier alpha value is -0.0400. The fraction of sp³-hybridized carbons (Fsp3) is 0.917. The molecule has 0 heterocycles. The molecule has 0 atom stereocenters. The summed E-state index contributed by atoms with van der Waals surface area (Å²) in [5.41, 5.74) is 0. The van der Waals surface area contributed by atoms with E-state index in [2.05, 4.69) is 31.1 Å². The average molecular weight is 357 g/mol. The van der Waals surface area contributed by atoms with Crippen molar-refractivity contribution in [3.63, 3.8) is 0 Å². The summed E-state index contributed by atoms with van der Waals surface area (Å²) in [6.45, 7) is 9.64. The normalized spacial score (nSPS) is 11.3. The van der Waals surface area contributed by atoms with Gasteiger partial charge in [-0.05, 0) is 19.3 Å². The fourth-order valence-corrected chi connectivity index (χ4v) is 1.15. The zero-order chi connectivity index (χ0) is 12.4. The van der Waals surface area contributed by atoms with Gasteiger partial charge in [0.2, 0.25) is 0 Å². The van der Waals surface area contributed by atoms with Crippen molar-refractivity contribution in [1.29, 1.82) is 0 Å². The highest BCUT2D eigenvalue weighted by Crippen LogP contribution is 1.98. The fourth-order valence-electron chi connectivity index (χ4n) is 1.15. The summed E-state index contributed by atoms with van der Waals surface area (Å²) in [6.07, 6.45) is 1.12. The van der Waals surface area contributed by atoms with Gasteiger partial charge in [0.15, 0.2) is 5.96 Å². The summed E-state index contributed by atoms with van der Waals surface area (Å²) in [5.74, 6) is 1.64. The summed E-state index contributed by atoms with van der Waals surface area (Å²) in [4.78, 5) is 6.42. The molecular formula is C12H28IN3O. The van der Waals surface area contributed by atoms with Crippen molar-refractivity contribution in [2.24, 2.45) is 10.9 Å². The van der Waals surface area contributed by atoms with E-state index in [0.717, 1.165) is 32.1 Å². The maximum absolute atomic E-state index is 5.50. The number of nitrogens with one attached hydrogen (secondary N) is 1. The predicted molar refractivity (Wildman–Crippen MR) is 85.4 cm³/mol. The first-order chi connectivity index (χ1) is 7.57. The maximum Gasteiger partial charge on any atom is 0.193 e. The highest BCUT2D eigenvalue weighted by atomic mass is 127. The number of halogens is 1. The third-order valence-corrected chi connectivity index (χ3v) is 2.10. The van der Waals surface area contributed by atoms with E-state index in [1.54, 1.807) is 0 Å². The number of hydrogen-bond donors (Lipinski definition) is 1. The second-order valence-corrected chi connectivity index (χ2v) is 4.42. The third kappa shape index (κ3) is 12.2. The summed E-state index contributed by atoms with van der Waals surface area (Å²) in [7, 11) is 3.97. The SMILES string of the molecule is CCNC(=NCCOCCC(C)C)N(C)C.I. The molecule has 0 aromatic carbocycles. The molecular weight excluding hydrogens is 329 g/mol. The number of aliphatic imine (C=N–C) groups is 1. The van der Waals surface area contributed by atoms with Crippen molar-refractivity contribution in [3.8, 4) is 0 Å². The first kappa shape index (κ1) is 19.3. The Morgan fingerprint density at radius 1 is 1.29 bits per heavy atom. The van der Waals surface area contributed by atoms with Crippen LogP contribution in [0.25, 0.3) is 0 Å². The van der Waals surface area contributed by atoms with Crippen molar-refractivity contribution in [2.75, 3.05) is 40.4 Å². The maximum atomic E-state index is 5.50. The van der Waals surface area contributed by atoms with Gasteiger partial charge < -0.3 is 15.0 Å². The van der Waals surface area contributed by atoms with E-state index in [-0.39, 0.29) is 24.0 Å². The molecule has 0 amide bonds. The number of ether oxygens (including phenoxy) is 1. The number of nitrogens with zero attached hydrogens (tertiary/aromatic N) is 2. The summed E-state index contributed by atoms with van der Waals surface area (Å²) < 4.78 is 5.50. The lowest BCUT2D eigenvalue weighted by atomic mass is 10.1. The lowest BCUT2D eigenvalue weighted by molar-refractivity contribution is 0.130. The van der Waals surface area contributed by atoms with Gasteiger partial charge in [0.25, 0.3) is 0 Å². The molecule has 0 fully saturated rings. The van der Waals surface area contributed by atoms with Crippen LogP contribution in [0.2, 0.25) is 0 Å². The largest absolute Gasteiger partial charge is 0.380 e. The molecule has 0 aromatic heterocycles. The summed E-state index contributed by atoms with van der Waals surface area (Å²) >= 11 is 0. The molecule has 0 rings (SSSR count). The molecule has 0 aliphatic rings. The zero-order valence-electron chi connectivity index (χ0n) is 11.8. The second kappa shape index (κ2) is 12.4. The highest BCUT2D eigenvalue weighted by molar-refractivity contribution is 14.0. The van der Waals surface area contributed by atoms with E-state index in [1.807, 2.05) is 19.0 Å². The Morgan fingerprint density at radius 2 is 1.94 bits per heavy atom. The van der Waals surface area contributed by atoms with Gasteiger partial charge in [0, 0.05) is 27.2 Å². The van der Waals surface area contributed by atoms with Crippen molar-refractivity contribution >= 4 is 29.9 Å². The number of guanidine groups is 1. The van der Waals surface area contributed by atoms with Crippen LogP contribution in [-0.4, -0.2) is 51.3 Å². The van der Waals surface area contributed by atoms with Crippen LogP contribution < -0.4 is 5.32 Å². The van der Waals surface area contributed by atoms with E-state index in [9.17, 15) is 0 Å². The van der Waals surface area contributed by atoms with Gasteiger partial charge in [-0.25, -0.2) is 0 Å². The van der Waals surface area contributed by atoms with Gasteiger partial charge in [0.05, 0.1) is 13.2 Å². The molecule has 0 saturated carbocycles. The van der Waals surface area contributed by atoms with Crippen LogP contribution in [0.5, 0.6) is 0 Å². The van der Waals surface area contributed by atoms with Gasteiger partial charge in [-0.2, -0.15) is 0 Å². The minimum absolute atomic E-state index is 0. The molecule has 4 nitrogen and oxygen atoms in total. The van der Waals surface area contributed by atoms with Crippen LogP contribution in [0.4, 0.5) is 0 Å². The molecule has 0 aliphatic carbocycles.